The summed E-state index contributed by atoms with van der Waals surface area (Å²) in [5.41, 5.74) is 1.16. The van der Waals surface area contributed by atoms with Crippen LogP contribution < -0.4 is 0 Å². The Labute approximate surface area is 138 Å². The first-order chi connectivity index (χ1) is 11.1. The highest BCUT2D eigenvalue weighted by Gasteiger charge is 2.68. The van der Waals surface area contributed by atoms with Crippen molar-refractivity contribution in [3.63, 3.8) is 0 Å². The van der Waals surface area contributed by atoms with E-state index >= 15 is 0 Å². The molecule has 1 aliphatic heterocycles. The summed E-state index contributed by atoms with van der Waals surface area (Å²) in [6, 6.07) is 22.8. The van der Waals surface area contributed by atoms with Gasteiger partial charge in [-0.05, 0) is 25.1 Å². The van der Waals surface area contributed by atoms with Crippen LogP contribution in [-0.2, 0) is 16.9 Å². The highest BCUT2D eigenvalue weighted by Crippen LogP contribution is 2.57. The van der Waals surface area contributed by atoms with Gasteiger partial charge in [0.2, 0.25) is 0 Å². The lowest BCUT2D eigenvalue weighted by molar-refractivity contribution is 0.257. The normalized spacial score (nSPS) is 26.0. The molecule has 2 aromatic rings. The lowest BCUT2D eigenvalue weighted by Gasteiger charge is -2.18. The molecule has 1 heterocycles. The number of nitriles is 1. The predicted octanol–water partition coefficient (Wildman–Crippen LogP) is 3.72. The van der Waals surface area contributed by atoms with E-state index in [9.17, 15) is 5.26 Å². The van der Waals surface area contributed by atoms with E-state index in [4.69, 9.17) is 4.74 Å². The van der Waals surface area contributed by atoms with E-state index in [1.165, 1.54) is 5.56 Å². The van der Waals surface area contributed by atoms with Crippen LogP contribution in [0.1, 0.15) is 24.5 Å². The highest BCUT2D eigenvalue weighted by molar-refractivity contribution is 5.38. The fourth-order valence-electron chi connectivity index (χ4n) is 3.17. The van der Waals surface area contributed by atoms with Crippen LogP contribution in [0, 0.1) is 11.3 Å². The van der Waals surface area contributed by atoms with E-state index in [-0.39, 0.29) is 0 Å². The monoisotopic (exact) mass is 306 g/mol. The van der Waals surface area contributed by atoms with Gasteiger partial charge in [-0.25, -0.2) is 0 Å². The van der Waals surface area contributed by atoms with E-state index in [1.54, 1.807) is 0 Å². The molecular formula is C20H22N2O. The number of rotatable bonds is 6. The summed E-state index contributed by atoms with van der Waals surface area (Å²) < 4.78 is 5.94. The van der Waals surface area contributed by atoms with Crippen LogP contribution in [0.15, 0.2) is 60.7 Å². The van der Waals surface area contributed by atoms with Crippen molar-refractivity contribution in [1.82, 2.24) is 4.90 Å². The SMILES string of the molecule is CN(CC[C@]1(C#N)O[C@]1(C)c1ccccc1)Cc1ccccc1. The minimum Gasteiger partial charge on any atom is -0.342 e. The van der Waals surface area contributed by atoms with Crippen LogP contribution in [0.5, 0.6) is 0 Å². The molecular weight excluding hydrogens is 284 g/mol. The lowest BCUT2D eigenvalue weighted by atomic mass is 9.86. The average molecular weight is 306 g/mol. The van der Waals surface area contributed by atoms with E-state index in [2.05, 4.69) is 42.3 Å². The summed E-state index contributed by atoms with van der Waals surface area (Å²) in [7, 11) is 2.08. The fraction of sp³-hybridized carbons (Fsp3) is 0.350. The molecule has 0 saturated carbocycles. The van der Waals surface area contributed by atoms with E-state index < -0.39 is 11.2 Å². The Kier molecular flexibility index (Phi) is 4.21. The molecule has 0 unspecified atom stereocenters. The predicted molar refractivity (Wildman–Crippen MR) is 90.6 cm³/mol. The van der Waals surface area contributed by atoms with Gasteiger partial charge in [0.25, 0.3) is 0 Å². The molecule has 3 rings (SSSR count). The van der Waals surface area contributed by atoms with Crippen LogP contribution in [0.25, 0.3) is 0 Å². The standard InChI is InChI=1S/C20H22N2O/c1-19(18-11-7-4-8-12-18)20(16-21,23-19)13-14-22(2)15-17-9-5-3-6-10-17/h3-12H,13-15H2,1-2H3/t19-,20-/m1/s1. The average Bonchev–Trinajstić information content (AvgIpc) is 3.22. The van der Waals surface area contributed by atoms with Gasteiger partial charge in [0.05, 0.1) is 0 Å². The van der Waals surface area contributed by atoms with Crippen LogP contribution in [0.4, 0.5) is 0 Å². The van der Waals surface area contributed by atoms with Crippen molar-refractivity contribution >= 4 is 0 Å². The van der Waals surface area contributed by atoms with Gasteiger partial charge in [-0.1, -0.05) is 60.7 Å². The topological polar surface area (TPSA) is 39.6 Å². The minimum absolute atomic E-state index is 0.489. The van der Waals surface area contributed by atoms with Gasteiger partial charge < -0.3 is 9.64 Å². The Balaban J connectivity index is 1.62. The molecule has 0 bridgehead atoms. The molecule has 0 amide bonds. The Morgan fingerprint density at radius 1 is 1.04 bits per heavy atom. The van der Waals surface area contributed by atoms with E-state index in [0.29, 0.717) is 6.42 Å². The summed E-state index contributed by atoms with van der Waals surface area (Å²) in [6.45, 7) is 3.72. The molecule has 0 aliphatic carbocycles. The first-order valence-electron chi connectivity index (χ1n) is 7.99. The first-order valence-corrected chi connectivity index (χ1v) is 7.99. The molecule has 0 spiro atoms. The third-order valence-corrected chi connectivity index (χ3v) is 4.75. The van der Waals surface area contributed by atoms with Gasteiger partial charge in [0.15, 0.2) is 5.60 Å². The lowest BCUT2D eigenvalue weighted by Crippen LogP contribution is -2.27. The van der Waals surface area contributed by atoms with Crippen molar-refractivity contribution in [2.45, 2.75) is 31.1 Å². The second kappa shape index (κ2) is 6.16. The Bertz CT molecular complexity index is 695. The maximum Gasteiger partial charge on any atom is 0.189 e. The van der Waals surface area contributed by atoms with Gasteiger partial charge in [-0.3, -0.25) is 0 Å². The van der Waals surface area contributed by atoms with E-state index in [1.807, 2.05) is 43.3 Å². The third-order valence-electron chi connectivity index (χ3n) is 4.75. The molecule has 23 heavy (non-hydrogen) atoms. The van der Waals surface area contributed by atoms with Crippen molar-refractivity contribution in [2.24, 2.45) is 0 Å². The second-order valence-electron chi connectivity index (χ2n) is 6.41. The number of hydrogen-bond acceptors (Lipinski definition) is 3. The van der Waals surface area contributed by atoms with Gasteiger partial charge in [-0.15, -0.1) is 0 Å². The second-order valence-corrected chi connectivity index (χ2v) is 6.41. The maximum atomic E-state index is 9.66. The largest absolute Gasteiger partial charge is 0.342 e. The third kappa shape index (κ3) is 3.01. The minimum atomic E-state index is -0.709. The fourth-order valence-corrected chi connectivity index (χ4v) is 3.17. The molecule has 1 saturated heterocycles. The molecule has 118 valence electrons. The van der Waals surface area contributed by atoms with Crippen molar-refractivity contribution in [3.8, 4) is 6.07 Å². The molecule has 2 atom stereocenters. The molecule has 3 heteroatoms. The zero-order valence-corrected chi connectivity index (χ0v) is 13.7. The molecule has 0 N–H and O–H groups in total. The summed E-state index contributed by atoms with van der Waals surface area (Å²) in [5, 5.41) is 9.66. The van der Waals surface area contributed by atoms with Gasteiger partial charge in [0.1, 0.15) is 11.7 Å². The summed E-state index contributed by atoms with van der Waals surface area (Å²) >= 11 is 0. The Morgan fingerprint density at radius 3 is 2.26 bits per heavy atom. The number of ether oxygens (including phenoxy) is 1. The van der Waals surface area contributed by atoms with Gasteiger partial charge in [0, 0.05) is 19.5 Å². The smallest absolute Gasteiger partial charge is 0.189 e. The Hall–Kier alpha value is -2.15. The number of benzene rings is 2. The van der Waals surface area contributed by atoms with Crippen molar-refractivity contribution in [1.29, 1.82) is 5.26 Å². The van der Waals surface area contributed by atoms with Gasteiger partial charge in [-0.2, -0.15) is 5.26 Å². The quantitative estimate of drug-likeness (QED) is 0.764. The van der Waals surface area contributed by atoms with Crippen molar-refractivity contribution < 1.29 is 4.74 Å². The number of hydrogen-bond donors (Lipinski definition) is 0. The number of nitrogens with zero attached hydrogens (tertiary/aromatic N) is 2. The molecule has 3 nitrogen and oxygen atoms in total. The van der Waals surface area contributed by atoms with Crippen LogP contribution >= 0.6 is 0 Å². The molecule has 2 aromatic carbocycles. The number of epoxide rings is 1. The molecule has 1 aliphatic rings. The van der Waals surface area contributed by atoms with Gasteiger partial charge >= 0.3 is 0 Å². The molecule has 0 radical (unpaired) electrons. The van der Waals surface area contributed by atoms with Crippen LogP contribution in [0.2, 0.25) is 0 Å². The van der Waals surface area contributed by atoms with Crippen LogP contribution in [0.3, 0.4) is 0 Å². The van der Waals surface area contributed by atoms with Crippen LogP contribution in [-0.4, -0.2) is 24.1 Å². The summed E-state index contributed by atoms with van der Waals surface area (Å²) in [6.07, 6.45) is 0.707. The first kappa shape index (κ1) is 15.7. The zero-order chi connectivity index (χ0) is 16.3. The highest BCUT2D eigenvalue weighted by atomic mass is 16.6. The van der Waals surface area contributed by atoms with Crippen molar-refractivity contribution in [3.05, 3.63) is 71.8 Å². The van der Waals surface area contributed by atoms with Crippen molar-refractivity contribution in [2.75, 3.05) is 13.6 Å². The maximum absolute atomic E-state index is 9.66. The molecule has 0 aromatic heterocycles. The molecule has 1 fully saturated rings. The summed E-state index contributed by atoms with van der Waals surface area (Å²) in [5.74, 6) is 0. The van der Waals surface area contributed by atoms with E-state index in [0.717, 1.165) is 18.7 Å². The zero-order valence-electron chi connectivity index (χ0n) is 13.7. The Morgan fingerprint density at radius 2 is 1.65 bits per heavy atom. The summed E-state index contributed by atoms with van der Waals surface area (Å²) in [4.78, 5) is 2.24.